The second-order valence-corrected chi connectivity index (χ2v) is 5.87. The molecule has 1 aliphatic rings. The quantitative estimate of drug-likeness (QED) is 0.550. The maximum absolute atomic E-state index is 12.0. The van der Waals surface area contributed by atoms with Crippen LogP contribution in [0.25, 0.3) is 0 Å². The van der Waals surface area contributed by atoms with Crippen molar-refractivity contribution in [2.75, 3.05) is 38.7 Å². The van der Waals surface area contributed by atoms with Gasteiger partial charge in [-0.2, -0.15) is 0 Å². The highest BCUT2D eigenvalue weighted by molar-refractivity contribution is 7.93. The Morgan fingerprint density at radius 1 is 1.27 bits per heavy atom. The van der Waals surface area contributed by atoms with Crippen LogP contribution >= 0.6 is 12.0 Å². The minimum Gasteiger partial charge on any atom is -0.487 e. The lowest BCUT2D eigenvalue weighted by Crippen LogP contribution is -2.35. The van der Waals surface area contributed by atoms with Crippen LogP contribution in [-0.2, 0) is 11.3 Å². The zero-order valence-electron chi connectivity index (χ0n) is 12.7. The Morgan fingerprint density at radius 2 is 2.09 bits per heavy atom. The highest BCUT2D eigenvalue weighted by Crippen LogP contribution is 2.10. The van der Waals surface area contributed by atoms with Crippen LogP contribution in [0.15, 0.2) is 21.5 Å². The Hall–Kier alpha value is -1.02. The van der Waals surface area contributed by atoms with Crippen LogP contribution in [0.2, 0.25) is 0 Å². The van der Waals surface area contributed by atoms with Crippen LogP contribution in [0.3, 0.4) is 0 Å². The van der Waals surface area contributed by atoms with Crippen LogP contribution in [0.4, 0.5) is 0 Å². The van der Waals surface area contributed by atoms with Gasteiger partial charge in [0.2, 0.25) is 11.2 Å². The smallest absolute Gasteiger partial charge is 0.227 e. The largest absolute Gasteiger partial charge is 0.487 e. The summed E-state index contributed by atoms with van der Waals surface area (Å²) in [5.41, 5.74) is -0.138. The molecule has 0 aromatic carbocycles. The van der Waals surface area contributed by atoms with E-state index in [2.05, 4.69) is 4.90 Å². The molecule has 1 N–H and O–H groups in total. The third kappa shape index (κ3) is 6.00. The molecule has 1 aliphatic heterocycles. The van der Waals surface area contributed by atoms with E-state index in [4.69, 9.17) is 18.4 Å². The first kappa shape index (κ1) is 17.3. The Morgan fingerprint density at radius 3 is 2.82 bits per heavy atom. The highest BCUT2D eigenvalue weighted by atomic mass is 32.2. The molecule has 22 heavy (non-hydrogen) atoms. The van der Waals surface area contributed by atoms with E-state index in [1.807, 2.05) is 0 Å². The van der Waals surface area contributed by atoms with Crippen molar-refractivity contribution in [3.05, 3.63) is 28.3 Å². The Kier molecular flexibility index (Phi) is 7.79. The summed E-state index contributed by atoms with van der Waals surface area (Å²) in [6.45, 7) is 4.27. The van der Waals surface area contributed by atoms with Crippen molar-refractivity contribution in [3.63, 3.8) is 0 Å². The fraction of sp³-hybridized carbons (Fsp3) is 0.667. The van der Waals surface area contributed by atoms with Crippen molar-refractivity contribution in [1.29, 1.82) is 0 Å². The highest BCUT2D eigenvalue weighted by Gasteiger charge is 2.13. The van der Waals surface area contributed by atoms with E-state index >= 15 is 0 Å². The number of rotatable bonds is 9. The van der Waals surface area contributed by atoms with E-state index in [0.29, 0.717) is 18.9 Å². The van der Waals surface area contributed by atoms with Gasteiger partial charge in [0.05, 0.1) is 26.4 Å². The molecule has 124 valence electrons. The molecule has 1 aromatic heterocycles. The Labute approximate surface area is 134 Å². The molecule has 0 unspecified atom stereocenters. The molecule has 2 rings (SSSR count). The van der Waals surface area contributed by atoms with Gasteiger partial charge >= 0.3 is 0 Å². The molecule has 0 spiro atoms. The van der Waals surface area contributed by atoms with Gasteiger partial charge in [-0.1, -0.05) is 0 Å². The van der Waals surface area contributed by atoms with E-state index in [-0.39, 0.29) is 11.2 Å². The molecule has 6 nitrogen and oxygen atoms in total. The summed E-state index contributed by atoms with van der Waals surface area (Å²) in [4.78, 5) is 14.2. The molecule has 0 atom stereocenters. The lowest BCUT2D eigenvalue weighted by Gasteiger charge is -2.25. The third-order valence-corrected chi connectivity index (χ3v) is 3.94. The first-order valence-electron chi connectivity index (χ1n) is 7.60. The fourth-order valence-corrected chi connectivity index (χ4v) is 2.57. The number of unbranched alkanes of at least 4 members (excludes halogenated alkanes) is 2. The molecular formula is C15H23NO5S. The molecule has 1 saturated heterocycles. The van der Waals surface area contributed by atoms with Gasteiger partial charge < -0.3 is 18.4 Å². The average Bonchev–Trinajstić information content (AvgIpc) is 2.53. The Balaban J connectivity index is 1.75. The van der Waals surface area contributed by atoms with Crippen molar-refractivity contribution in [2.24, 2.45) is 0 Å². The van der Waals surface area contributed by atoms with Gasteiger partial charge in [-0.15, -0.1) is 0 Å². The molecule has 0 radical (unpaired) electrons. The van der Waals surface area contributed by atoms with Gasteiger partial charge in [-0.05, 0) is 31.3 Å². The summed E-state index contributed by atoms with van der Waals surface area (Å²) in [5.74, 6) is 1.65. The van der Waals surface area contributed by atoms with Crippen molar-refractivity contribution >= 4 is 12.0 Å². The number of hydrogen-bond donors (Lipinski definition) is 1. The molecule has 0 saturated carbocycles. The standard InChI is InChI=1S/C15H23NO5S/c17-14-10-13(11-16-4-7-19-8-5-16)21-12-15(14)20-6-2-1-3-9-22-18/h10,12,18H,1-9,11H2. The van der Waals surface area contributed by atoms with Gasteiger partial charge in [0.25, 0.3) is 0 Å². The number of hydrogen-bond acceptors (Lipinski definition) is 7. The van der Waals surface area contributed by atoms with Crippen LogP contribution in [0.1, 0.15) is 25.0 Å². The van der Waals surface area contributed by atoms with Gasteiger partial charge in [-0.25, -0.2) is 0 Å². The summed E-state index contributed by atoms with van der Waals surface area (Å²) >= 11 is 0.857. The van der Waals surface area contributed by atoms with Gasteiger partial charge in [0.15, 0.2) is 0 Å². The van der Waals surface area contributed by atoms with Gasteiger partial charge in [0, 0.05) is 24.9 Å². The number of nitrogens with zero attached hydrogens (tertiary/aromatic N) is 1. The topological polar surface area (TPSA) is 72.1 Å². The average molecular weight is 329 g/mol. The maximum atomic E-state index is 12.0. The van der Waals surface area contributed by atoms with Crippen molar-refractivity contribution in [2.45, 2.75) is 25.8 Å². The normalized spacial score (nSPS) is 15.9. The minimum atomic E-state index is -0.138. The number of ether oxygens (including phenoxy) is 2. The van der Waals surface area contributed by atoms with E-state index in [1.54, 1.807) is 0 Å². The third-order valence-electron chi connectivity index (χ3n) is 3.47. The first-order valence-corrected chi connectivity index (χ1v) is 8.55. The second-order valence-electron chi connectivity index (χ2n) is 5.21. The molecule has 2 heterocycles. The summed E-state index contributed by atoms with van der Waals surface area (Å²) in [6, 6.07) is 1.51. The minimum absolute atomic E-state index is 0.138. The zero-order valence-corrected chi connectivity index (χ0v) is 13.5. The Bertz CT molecular complexity index is 487. The predicted octanol–water partition coefficient (Wildman–Crippen LogP) is 2.23. The first-order chi connectivity index (χ1) is 10.8. The molecular weight excluding hydrogens is 306 g/mol. The SMILES string of the molecule is O=c1cc(CN2CCOCC2)occ1OCCCCCSO. The molecule has 1 aromatic rings. The number of morpholine rings is 1. The lowest BCUT2D eigenvalue weighted by atomic mass is 10.3. The molecule has 0 bridgehead atoms. The molecule has 1 fully saturated rings. The summed E-state index contributed by atoms with van der Waals surface area (Å²) in [5, 5.41) is 0. The second kappa shape index (κ2) is 9.89. The van der Waals surface area contributed by atoms with E-state index < -0.39 is 0 Å². The monoisotopic (exact) mass is 329 g/mol. The van der Waals surface area contributed by atoms with E-state index in [9.17, 15) is 4.79 Å². The summed E-state index contributed by atoms with van der Waals surface area (Å²) in [7, 11) is 0. The summed E-state index contributed by atoms with van der Waals surface area (Å²) in [6.07, 6.45) is 4.17. The van der Waals surface area contributed by atoms with Gasteiger partial charge in [-0.3, -0.25) is 9.69 Å². The van der Waals surface area contributed by atoms with Crippen molar-refractivity contribution in [1.82, 2.24) is 4.90 Å². The molecule has 0 aliphatic carbocycles. The molecule has 0 amide bonds. The summed E-state index contributed by atoms with van der Waals surface area (Å²) < 4.78 is 24.8. The maximum Gasteiger partial charge on any atom is 0.227 e. The molecule has 7 heteroatoms. The van der Waals surface area contributed by atoms with Crippen molar-refractivity contribution < 1.29 is 18.4 Å². The van der Waals surface area contributed by atoms with E-state index in [1.165, 1.54) is 12.3 Å². The van der Waals surface area contributed by atoms with Crippen LogP contribution in [0.5, 0.6) is 5.75 Å². The van der Waals surface area contributed by atoms with Crippen molar-refractivity contribution in [3.8, 4) is 5.75 Å². The van der Waals surface area contributed by atoms with Crippen LogP contribution < -0.4 is 10.2 Å². The fourth-order valence-electron chi connectivity index (χ4n) is 2.23. The predicted molar refractivity (Wildman–Crippen MR) is 85.5 cm³/mol. The van der Waals surface area contributed by atoms with Crippen LogP contribution in [-0.4, -0.2) is 48.1 Å². The zero-order chi connectivity index (χ0) is 15.6. The van der Waals surface area contributed by atoms with Gasteiger partial charge in [0.1, 0.15) is 12.0 Å². The lowest BCUT2D eigenvalue weighted by molar-refractivity contribution is 0.0310. The van der Waals surface area contributed by atoms with Crippen LogP contribution in [0, 0.1) is 0 Å². The van der Waals surface area contributed by atoms with E-state index in [0.717, 1.165) is 63.4 Å².